The van der Waals surface area contributed by atoms with E-state index in [-0.39, 0.29) is 18.0 Å². The first-order valence-electron chi connectivity index (χ1n) is 10.6. The average Bonchev–Trinajstić information content (AvgIpc) is 2.75. The van der Waals surface area contributed by atoms with Gasteiger partial charge in [-0.2, -0.15) is 0 Å². The zero-order valence-corrected chi connectivity index (χ0v) is 17.6. The van der Waals surface area contributed by atoms with Crippen LogP contribution in [0.15, 0.2) is 47.3 Å². The average molecular weight is 405 g/mol. The van der Waals surface area contributed by atoms with Gasteiger partial charge in [-0.25, -0.2) is 4.98 Å². The van der Waals surface area contributed by atoms with E-state index in [1.165, 1.54) is 11.0 Å². The smallest absolute Gasteiger partial charge is 0.261 e. The van der Waals surface area contributed by atoms with Gasteiger partial charge in [0.25, 0.3) is 5.56 Å². The molecule has 1 N–H and O–H groups in total. The van der Waals surface area contributed by atoms with Gasteiger partial charge in [0.1, 0.15) is 12.4 Å². The highest BCUT2D eigenvalue weighted by Crippen LogP contribution is 2.18. The Bertz CT molecular complexity index is 1130. The van der Waals surface area contributed by atoms with E-state index >= 15 is 0 Å². The molecule has 0 radical (unpaired) electrons. The summed E-state index contributed by atoms with van der Waals surface area (Å²) in [5.74, 6) is 0.430. The fourth-order valence-electron chi connectivity index (χ4n) is 4.04. The first kappa shape index (κ1) is 20.3. The van der Waals surface area contributed by atoms with Gasteiger partial charge in [-0.15, -0.1) is 0 Å². The largest absolute Gasteiger partial charge is 0.324 e. The number of hydrogen-bond acceptors (Lipinski definition) is 4. The maximum atomic E-state index is 13.2. The zero-order valence-electron chi connectivity index (χ0n) is 17.6. The van der Waals surface area contributed by atoms with Crippen molar-refractivity contribution in [2.45, 2.75) is 46.2 Å². The number of piperidine rings is 1. The lowest BCUT2D eigenvalue weighted by atomic mass is 10.1. The highest BCUT2D eigenvalue weighted by atomic mass is 16.2. The van der Waals surface area contributed by atoms with Gasteiger partial charge in [-0.3, -0.25) is 19.1 Å². The molecular weight excluding hydrogens is 376 g/mol. The third kappa shape index (κ3) is 4.28. The Morgan fingerprint density at radius 3 is 2.60 bits per heavy atom. The van der Waals surface area contributed by atoms with Crippen LogP contribution in [0, 0.1) is 13.8 Å². The van der Waals surface area contributed by atoms with Gasteiger partial charge in [0.2, 0.25) is 5.91 Å². The molecule has 156 valence electrons. The monoisotopic (exact) mass is 404 g/mol. The molecule has 1 saturated heterocycles. The standard InChI is InChI=1S/C24H28N4O2/c1-17-9-8-12-20(18(17)2)26-23(29)16-28-22(15-27-13-6-3-7-14-27)25-21-11-5-4-10-19(21)24(28)30/h4-5,8-12H,3,6-7,13-16H2,1-2H3,(H,26,29). The van der Waals surface area contributed by atoms with Gasteiger partial charge >= 0.3 is 0 Å². The lowest BCUT2D eigenvalue weighted by Gasteiger charge is -2.27. The van der Waals surface area contributed by atoms with Crippen molar-refractivity contribution in [3.63, 3.8) is 0 Å². The molecule has 6 nitrogen and oxygen atoms in total. The molecule has 3 aromatic rings. The maximum absolute atomic E-state index is 13.2. The minimum absolute atomic E-state index is 0.0484. The lowest BCUT2D eigenvalue weighted by Crippen LogP contribution is -2.36. The van der Waals surface area contributed by atoms with Gasteiger partial charge in [0.05, 0.1) is 17.4 Å². The predicted octanol–water partition coefficient (Wildman–Crippen LogP) is 3.64. The number of fused-ring (bicyclic) bond motifs is 1. The molecule has 30 heavy (non-hydrogen) atoms. The van der Waals surface area contributed by atoms with Crippen LogP contribution in [0.5, 0.6) is 0 Å². The van der Waals surface area contributed by atoms with Crippen LogP contribution >= 0.6 is 0 Å². The van der Waals surface area contributed by atoms with Gasteiger partial charge in [-0.1, -0.05) is 30.7 Å². The van der Waals surface area contributed by atoms with E-state index in [0.29, 0.717) is 23.3 Å². The number of rotatable bonds is 5. The summed E-state index contributed by atoms with van der Waals surface area (Å²) in [5.41, 5.74) is 3.44. The summed E-state index contributed by atoms with van der Waals surface area (Å²) in [4.78, 5) is 33.2. The molecule has 0 saturated carbocycles. The number of benzene rings is 2. The number of hydrogen-bond donors (Lipinski definition) is 1. The SMILES string of the molecule is Cc1cccc(NC(=O)Cn2c(CN3CCCCC3)nc3ccccc3c2=O)c1C. The van der Waals surface area contributed by atoms with Crippen LogP contribution in [-0.4, -0.2) is 33.4 Å². The Morgan fingerprint density at radius 1 is 1.03 bits per heavy atom. The Kier molecular flexibility index (Phi) is 5.95. The molecule has 2 heterocycles. The van der Waals surface area contributed by atoms with Crippen molar-refractivity contribution in [2.24, 2.45) is 0 Å². The molecule has 1 aliphatic heterocycles. The fraction of sp³-hybridized carbons (Fsp3) is 0.375. The van der Waals surface area contributed by atoms with Crippen LogP contribution in [0.3, 0.4) is 0 Å². The van der Waals surface area contributed by atoms with Crippen LogP contribution in [0.1, 0.15) is 36.2 Å². The summed E-state index contributed by atoms with van der Waals surface area (Å²) in [6.45, 7) is 6.52. The van der Waals surface area contributed by atoms with E-state index in [9.17, 15) is 9.59 Å². The van der Waals surface area contributed by atoms with Crippen LogP contribution in [0.25, 0.3) is 10.9 Å². The number of para-hydroxylation sites is 1. The summed E-state index contributed by atoms with van der Waals surface area (Å²) in [6.07, 6.45) is 3.56. The van der Waals surface area contributed by atoms with Crippen molar-refractivity contribution in [1.29, 1.82) is 0 Å². The summed E-state index contributed by atoms with van der Waals surface area (Å²) < 4.78 is 1.54. The number of nitrogens with zero attached hydrogens (tertiary/aromatic N) is 3. The highest BCUT2D eigenvalue weighted by Gasteiger charge is 2.18. The number of amides is 1. The summed E-state index contributed by atoms with van der Waals surface area (Å²) in [5, 5.41) is 3.51. The van der Waals surface area contributed by atoms with Crippen LogP contribution < -0.4 is 10.9 Å². The topological polar surface area (TPSA) is 67.2 Å². The summed E-state index contributed by atoms with van der Waals surface area (Å²) in [6, 6.07) is 13.2. The minimum Gasteiger partial charge on any atom is -0.324 e. The number of carbonyl (C=O) groups is 1. The third-order valence-corrected chi connectivity index (χ3v) is 5.93. The number of nitrogens with one attached hydrogen (secondary N) is 1. The second-order valence-corrected chi connectivity index (χ2v) is 8.07. The third-order valence-electron chi connectivity index (χ3n) is 5.93. The minimum atomic E-state index is -0.220. The Hall–Kier alpha value is -2.99. The van der Waals surface area contributed by atoms with Crippen molar-refractivity contribution >= 4 is 22.5 Å². The van der Waals surface area contributed by atoms with E-state index in [1.54, 1.807) is 6.07 Å². The second-order valence-electron chi connectivity index (χ2n) is 8.07. The first-order valence-corrected chi connectivity index (χ1v) is 10.6. The van der Waals surface area contributed by atoms with Gasteiger partial charge < -0.3 is 5.32 Å². The Labute approximate surface area is 176 Å². The molecule has 1 aromatic heterocycles. The molecule has 0 spiro atoms. The normalized spacial score (nSPS) is 14.7. The molecule has 0 bridgehead atoms. The van der Waals surface area contributed by atoms with Crippen molar-refractivity contribution in [1.82, 2.24) is 14.5 Å². The Balaban J connectivity index is 1.66. The van der Waals surface area contributed by atoms with E-state index in [0.717, 1.165) is 42.7 Å². The van der Waals surface area contributed by atoms with Gasteiger partial charge in [-0.05, 0) is 69.1 Å². The predicted molar refractivity (Wildman–Crippen MR) is 120 cm³/mol. The number of anilines is 1. The van der Waals surface area contributed by atoms with Gasteiger partial charge in [0.15, 0.2) is 0 Å². The fourth-order valence-corrected chi connectivity index (χ4v) is 4.04. The molecule has 1 fully saturated rings. The number of aromatic nitrogens is 2. The molecule has 0 unspecified atom stereocenters. The maximum Gasteiger partial charge on any atom is 0.261 e. The molecular formula is C24H28N4O2. The first-order chi connectivity index (χ1) is 14.5. The molecule has 1 aliphatic rings. The van der Waals surface area contributed by atoms with E-state index in [4.69, 9.17) is 4.98 Å². The molecule has 0 atom stereocenters. The van der Waals surface area contributed by atoms with E-state index < -0.39 is 0 Å². The summed E-state index contributed by atoms with van der Waals surface area (Å²) in [7, 11) is 0. The Morgan fingerprint density at radius 2 is 1.80 bits per heavy atom. The van der Waals surface area contributed by atoms with Gasteiger partial charge in [0, 0.05) is 5.69 Å². The van der Waals surface area contributed by atoms with Crippen molar-refractivity contribution in [3.8, 4) is 0 Å². The van der Waals surface area contributed by atoms with Crippen molar-refractivity contribution in [3.05, 3.63) is 69.8 Å². The van der Waals surface area contributed by atoms with Crippen molar-refractivity contribution < 1.29 is 4.79 Å². The molecule has 6 heteroatoms. The zero-order chi connectivity index (χ0) is 21.1. The molecule has 2 aromatic carbocycles. The highest BCUT2D eigenvalue weighted by molar-refractivity contribution is 5.91. The van der Waals surface area contributed by atoms with Crippen molar-refractivity contribution in [2.75, 3.05) is 18.4 Å². The quantitative estimate of drug-likeness (QED) is 0.705. The number of likely N-dealkylation sites (tertiary alicyclic amines) is 1. The lowest BCUT2D eigenvalue weighted by molar-refractivity contribution is -0.116. The number of carbonyl (C=O) groups excluding carboxylic acids is 1. The second kappa shape index (κ2) is 8.79. The molecule has 1 amide bonds. The van der Waals surface area contributed by atoms with E-state index in [2.05, 4.69) is 10.2 Å². The molecule has 0 aliphatic carbocycles. The van der Waals surface area contributed by atoms with Crippen LogP contribution in [-0.2, 0) is 17.9 Å². The van der Waals surface area contributed by atoms with E-state index in [1.807, 2.05) is 50.2 Å². The van der Waals surface area contributed by atoms with Crippen LogP contribution in [0.2, 0.25) is 0 Å². The summed E-state index contributed by atoms with van der Waals surface area (Å²) >= 11 is 0. The molecule has 4 rings (SSSR count). The van der Waals surface area contributed by atoms with Crippen LogP contribution in [0.4, 0.5) is 5.69 Å². The number of aryl methyl sites for hydroxylation is 1.